The van der Waals surface area contributed by atoms with Crippen molar-refractivity contribution in [2.45, 2.75) is 19.3 Å². The highest BCUT2D eigenvalue weighted by molar-refractivity contribution is 6.30. The largest absolute Gasteiger partial charge is 0.481 e. The molecule has 2 fully saturated rings. The highest BCUT2D eigenvalue weighted by atomic mass is 35.5. The zero-order chi connectivity index (χ0) is 15.2. The molecule has 1 aliphatic heterocycles. The van der Waals surface area contributed by atoms with Crippen LogP contribution >= 0.6 is 11.6 Å². The number of rotatable bonds is 2. The van der Waals surface area contributed by atoms with Crippen LogP contribution < -0.4 is 0 Å². The Morgan fingerprint density at radius 1 is 1.43 bits per heavy atom. The van der Waals surface area contributed by atoms with Gasteiger partial charge in [0.05, 0.1) is 10.4 Å². The first-order valence-corrected chi connectivity index (χ1v) is 7.29. The van der Waals surface area contributed by atoms with Crippen LogP contribution in [0, 0.1) is 17.2 Å². The second-order valence-electron chi connectivity index (χ2n) is 5.87. The van der Waals surface area contributed by atoms with Gasteiger partial charge < -0.3 is 10.0 Å². The Morgan fingerprint density at radius 2 is 2.19 bits per heavy atom. The van der Waals surface area contributed by atoms with Crippen molar-refractivity contribution in [3.63, 3.8) is 0 Å². The summed E-state index contributed by atoms with van der Waals surface area (Å²) in [7, 11) is 0. The first-order valence-electron chi connectivity index (χ1n) is 6.92. The Balaban J connectivity index is 1.84. The Hall–Kier alpha value is -1.62. The van der Waals surface area contributed by atoms with Crippen molar-refractivity contribution in [3.8, 4) is 0 Å². The van der Waals surface area contributed by atoms with Crippen LogP contribution in [-0.4, -0.2) is 35.0 Å². The van der Waals surface area contributed by atoms with E-state index in [-0.39, 0.29) is 29.0 Å². The van der Waals surface area contributed by atoms with Gasteiger partial charge in [0.1, 0.15) is 5.82 Å². The molecule has 1 amide bonds. The highest BCUT2D eigenvalue weighted by Gasteiger charge is 2.55. The van der Waals surface area contributed by atoms with Gasteiger partial charge in [-0.3, -0.25) is 9.59 Å². The van der Waals surface area contributed by atoms with E-state index in [1.807, 2.05) is 0 Å². The summed E-state index contributed by atoms with van der Waals surface area (Å²) in [4.78, 5) is 25.6. The molecule has 2 aliphatic rings. The molecule has 1 heterocycles. The predicted octanol–water partition coefficient (Wildman–Crippen LogP) is 2.81. The summed E-state index contributed by atoms with van der Waals surface area (Å²) in [6, 6.07) is 3.91. The zero-order valence-corrected chi connectivity index (χ0v) is 12.1. The smallest absolute Gasteiger partial charge is 0.311 e. The minimum Gasteiger partial charge on any atom is -0.481 e. The number of carboxylic acids is 1. The van der Waals surface area contributed by atoms with E-state index in [0.717, 1.165) is 18.9 Å². The summed E-state index contributed by atoms with van der Waals surface area (Å²) in [6.07, 6.45) is 2.31. The SMILES string of the molecule is O=C(c1ccc(Cl)c(F)c1)N1C[C@@H]2CCC[C@@]2(C(=O)O)C1. The molecule has 3 rings (SSSR count). The average molecular weight is 312 g/mol. The lowest BCUT2D eigenvalue weighted by molar-refractivity contribution is -0.149. The first kappa shape index (κ1) is 14.3. The molecule has 6 heteroatoms. The van der Waals surface area contributed by atoms with Crippen molar-refractivity contribution in [2.24, 2.45) is 11.3 Å². The third kappa shape index (κ3) is 2.20. The lowest BCUT2D eigenvalue weighted by atomic mass is 9.81. The molecule has 21 heavy (non-hydrogen) atoms. The summed E-state index contributed by atoms with van der Waals surface area (Å²) >= 11 is 5.61. The Bertz CT molecular complexity index is 621. The normalized spacial score (nSPS) is 27.7. The number of carbonyl (C=O) groups is 2. The second-order valence-corrected chi connectivity index (χ2v) is 6.27. The number of halogens is 2. The van der Waals surface area contributed by atoms with Gasteiger partial charge in [0.15, 0.2) is 0 Å². The number of carboxylic acid groups (broad SMARTS) is 1. The maximum atomic E-state index is 13.5. The number of nitrogens with zero attached hydrogens (tertiary/aromatic N) is 1. The molecular formula is C15H15ClFNO3. The summed E-state index contributed by atoms with van der Waals surface area (Å²) in [5.41, 5.74) is -0.613. The molecule has 0 bridgehead atoms. The number of aliphatic carboxylic acids is 1. The van der Waals surface area contributed by atoms with Gasteiger partial charge in [-0.1, -0.05) is 18.0 Å². The van der Waals surface area contributed by atoms with E-state index < -0.39 is 17.2 Å². The lowest BCUT2D eigenvalue weighted by Crippen LogP contribution is -2.37. The number of amides is 1. The lowest BCUT2D eigenvalue weighted by Gasteiger charge is -2.23. The van der Waals surface area contributed by atoms with Gasteiger partial charge in [0.2, 0.25) is 0 Å². The highest BCUT2D eigenvalue weighted by Crippen LogP contribution is 2.49. The van der Waals surface area contributed by atoms with E-state index in [1.165, 1.54) is 17.0 Å². The van der Waals surface area contributed by atoms with Gasteiger partial charge in [0, 0.05) is 18.7 Å². The maximum Gasteiger partial charge on any atom is 0.311 e. The molecule has 112 valence electrons. The molecular weight excluding hydrogens is 297 g/mol. The molecule has 0 radical (unpaired) electrons. The fraction of sp³-hybridized carbons (Fsp3) is 0.467. The molecule has 1 saturated carbocycles. The average Bonchev–Trinajstić information content (AvgIpc) is 2.98. The van der Waals surface area contributed by atoms with Crippen LogP contribution in [0.15, 0.2) is 18.2 Å². The molecule has 1 N–H and O–H groups in total. The number of hydrogen-bond donors (Lipinski definition) is 1. The summed E-state index contributed by atoms with van der Waals surface area (Å²) < 4.78 is 13.5. The maximum absolute atomic E-state index is 13.5. The Labute approximate surface area is 126 Å². The van der Waals surface area contributed by atoms with Crippen LogP contribution in [-0.2, 0) is 4.79 Å². The van der Waals surface area contributed by atoms with Gasteiger partial charge in [0.25, 0.3) is 5.91 Å². The van der Waals surface area contributed by atoms with Crippen LogP contribution in [0.4, 0.5) is 4.39 Å². The van der Waals surface area contributed by atoms with Gasteiger partial charge >= 0.3 is 5.97 Å². The summed E-state index contributed by atoms with van der Waals surface area (Å²) in [5.74, 6) is -1.81. The van der Waals surface area contributed by atoms with Crippen LogP contribution in [0.1, 0.15) is 29.6 Å². The Kier molecular flexibility index (Phi) is 3.40. The quantitative estimate of drug-likeness (QED) is 0.913. The van der Waals surface area contributed by atoms with E-state index in [2.05, 4.69) is 0 Å². The fourth-order valence-corrected chi connectivity index (χ4v) is 3.72. The molecule has 1 aromatic rings. The fourth-order valence-electron chi connectivity index (χ4n) is 3.61. The monoisotopic (exact) mass is 311 g/mol. The topological polar surface area (TPSA) is 57.6 Å². The molecule has 1 aliphatic carbocycles. The standard InChI is InChI=1S/C15H15ClFNO3/c16-11-4-3-9(6-12(11)17)13(19)18-7-10-2-1-5-15(10,8-18)14(20)21/h3-4,6,10H,1-2,5,7-8H2,(H,20,21)/t10-,15+/m0/s1. The number of likely N-dealkylation sites (tertiary alicyclic amines) is 1. The zero-order valence-electron chi connectivity index (χ0n) is 11.3. The van der Waals surface area contributed by atoms with Crippen LogP contribution in [0.3, 0.4) is 0 Å². The van der Waals surface area contributed by atoms with Crippen LogP contribution in [0.5, 0.6) is 0 Å². The second kappa shape index (κ2) is 4.98. The molecule has 0 unspecified atom stereocenters. The number of fused-ring (bicyclic) bond motifs is 1. The van der Waals surface area contributed by atoms with Crippen LogP contribution in [0.2, 0.25) is 5.02 Å². The molecule has 0 aromatic heterocycles. The number of hydrogen-bond acceptors (Lipinski definition) is 2. The Morgan fingerprint density at radius 3 is 2.81 bits per heavy atom. The number of carbonyl (C=O) groups excluding carboxylic acids is 1. The van der Waals surface area contributed by atoms with Gasteiger partial charge in [-0.15, -0.1) is 0 Å². The third-order valence-corrected chi connectivity index (χ3v) is 5.06. The summed E-state index contributed by atoms with van der Waals surface area (Å²) in [5, 5.41) is 9.47. The van der Waals surface area contributed by atoms with Crippen molar-refractivity contribution in [1.29, 1.82) is 0 Å². The van der Waals surface area contributed by atoms with Crippen molar-refractivity contribution >= 4 is 23.5 Å². The minimum absolute atomic E-state index is 0.00361. The van der Waals surface area contributed by atoms with Crippen LogP contribution in [0.25, 0.3) is 0 Å². The van der Waals surface area contributed by atoms with Gasteiger partial charge in [-0.25, -0.2) is 4.39 Å². The number of benzene rings is 1. The van der Waals surface area contributed by atoms with Crippen molar-refractivity contribution < 1.29 is 19.1 Å². The van der Waals surface area contributed by atoms with Crippen molar-refractivity contribution in [1.82, 2.24) is 4.90 Å². The van der Waals surface area contributed by atoms with E-state index in [1.54, 1.807) is 0 Å². The van der Waals surface area contributed by atoms with Gasteiger partial charge in [-0.05, 0) is 37.0 Å². The van der Waals surface area contributed by atoms with E-state index in [4.69, 9.17) is 11.6 Å². The van der Waals surface area contributed by atoms with E-state index in [9.17, 15) is 19.1 Å². The molecule has 4 nitrogen and oxygen atoms in total. The van der Waals surface area contributed by atoms with Crippen molar-refractivity contribution in [2.75, 3.05) is 13.1 Å². The van der Waals surface area contributed by atoms with Gasteiger partial charge in [-0.2, -0.15) is 0 Å². The third-order valence-electron chi connectivity index (χ3n) is 4.75. The first-order chi connectivity index (χ1) is 9.94. The van der Waals surface area contributed by atoms with E-state index in [0.29, 0.717) is 13.0 Å². The minimum atomic E-state index is -0.831. The molecule has 1 saturated heterocycles. The molecule has 2 atom stereocenters. The van der Waals surface area contributed by atoms with E-state index >= 15 is 0 Å². The molecule has 0 spiro atoms. The van der Waals surface area contributed by atoms with Crippen molar-refractivity contribution in [3.05, 3.63) is 34.6 Å². The summed E-state index contributed by atoms with van der Waals surface area (Å²) in [6.45, 7) is 0.630. The predicted molar refractivity (Wildman–Crippen MR) is 74.7 cm³/mol. The molecule has 1 aromatic carbocycles.